The summed E-state index contributed by atoms with van der Waals surface area (Å²) in [5.74, 6) is 0.448. The SMILES string of the molecule is COc1cc([N+](=O)[O-])ccc1C=NN=C(NN=Cc1ccc([N+](=O)[O-])cc1OC)NN=Cc1ccc([N+](=O)[O-])cc1OC.Cl. The first-order valence-electron chi connectivity index (χ1n) is 11.8. The molecule has 2 N–H and O–H groups in total. The number of halogens is 1. The Labute approximate surface area is 254 Å². The fourth-order valence-corrected chi connectivity index (χ4v) is 3.30. The van der Waals surface area contributed by atoms with E-state index in [-0.39, 0.29) is 52.7 Å². The summed E-state index contributed by atoms with van der Waals surface area (Å²) in [7, 11) is 4.04. The van der Waals surface area contributed by atoms with Gasteiger partial charge in [0.05, 0.1) is 72.9 Å². The molecule has 0 heterocycles. The standard InChI is InChI=1S/C25H23N9O9.ClH/c1-41-22-10-19(32(35)36)7-4-16(22)13-26-29-25(30-27-14-17-5-8-20(33(37)38)11-23(17)42-2)31-28-15-18-6-9-21(34(39)40)12-24(18)43-3;/h4-15H,1-3H3,(H2,29,30,31);1H. The molecule has 0 aromatic heterocycles. The van der Waals surface area contributed by atoms with Gasteiger partial charge in [0.25, 0.3) is 23.0 Å². The Morgan fingerprint density at radius 1 is 0.636 bits per heavy atom. The second-order valence-electron chi connectivity index (χ2n) is 7.98. The van der Waals surface area contributed by atoms with Crippen LogP contribution in [0.5, 0.6) is 17.2 Å². The summed E-state index contributed by atoms with van der Waals surface area (Å²) in [6, 6.07) is 11.8. The molecule has 0 aliphatic carbocycles. The van der Waals surface area contributed by atoms with Gasteiger partial charge in [-0.1, -0.05) is 0 Å². The van der Waals surface area contributed by atoms with Gasteiger partial charge in [0.15, 0.2) is 0 Å². The largest absolute Gasteiger partial charge is 0.496 e. The number of nitro benzene ring substituents is 3. The molecule has 0 bridgehead atoms. The summed E-state index contributed by atoms with van der Waals surface area (Å²) in [4.78, 5) is 31.4. The summed E-state index contributed by atoms with van der Waals surface area (Å²) in [6.45, 7) is 0. The molecule has 19 heteroatoms. The van der Waals surface area contributed by atoms with Crippen molar-refractivity contribution in [2.24, 2.45) is 20.4 Å². The number of hydrogen-bond donors (Lipinski definition) is 2. The quantitative estimate of drug-likeness (QED) is 0.127. The van der Waals surface area contributed by atoms with Gasteiger partial charge in [-0.2, -0.15) is 15.3 Å². The van der Waals surface area contributed by atoms with Crippen molar-refractivity contribution in [3.8, 4) is 17.2 Å². The zero-order valence-corrected chi connectivity index (χ0v) is 24.0. The van der Waals surface area contributed by atoms with Crippen LogP contribution in [0.3, 0.4) is 0 Å². The highest BCUT2D eigenvalue weighted by Gasteiger charge is 2.12. The number of nitro groups is 3. The molecule has 0 radical (unpaired) electrons. The van der Waals surface area contributed by atoms with Crippen LogP contribution >= 0.6 is 12.4 Å². The van der Waals surface area contributed by atoms with E-state index in [0.29, 0.717) is 16.7 Å². The molecule has 3 aromatic carbocycles. The van der Waals surface area contributed by atoms with E-state index in [1.54, 1.807) is 0 Å². The van der Waals surface area contributed by atoms with E-state index >= 15 is 0 Å². The van der Waals surface area contributed by atoms with Gasteiger partial charge in [0, 0.05) is 34.9 Å². The molecule has 0 aliphatic rings. The van der Waals surface area contributed by atoms with Crippen LogP contribution < -0.4 is 25.1 Å². The molecule has 3 rings (SSSR count). The number of methoxy groups -OCH3 is 3. The van der Waals surface area contributed by atoms with Crippen molar-refractivity contribution in [2.45, 2.75) is 0 Å². The Morgan fingerprint density at radius 2 is 0.977 bits per heavy atom. The maximum atomic E-state index is 11.0. The highest BCUT2D eigenvalue weighted by molar-refractivity contribution is 5.89. The molecule has 0 unspecified atom stereocenters. The number of rotatable bonds is 12. The van der Waals surface area contributed by atoms with Gasteiger partial charge in [-0.3, -0.25) is 30.3 Å². The number of hydrogen-bond acceptors (Lipinski definition) is 13. The van der Waals surface area contributed by atoms with E-state index in [9.17, 15) is 30.3 Å². The van der Waals surface area contributed by atoms with Crippen LogP contribution in [-0.2, 0) is 0 Å². The number of benzene rings is 3. The van der Waals surface area contributed by atoms with Gasteiger partial charge in [-0.15, -0.1) is 17.5 Å². The fourth-order valence-electron chi connectivity index (χ4n) is 3.30. The summed E-state index contributed by atoms with van der Waals surface area (Å²) in [5.41, 5.74) is 5.85. The summed E-state index contributed by atoms with van der Waals surface area (Å²) in [6.07, 6.45) is 3.90. The van der Waals surface area contributed by atoms with Crippen molar-refractivity contribution in [1.29, 1.82) is 0 Å². The second kappa shape index (κ2) is 16.3. The number of guanidine groups is 1. The van der Waals surface area contributed by atoms with E-state index in [1.807, 2.05) is 0 Å². The first-order chi connectivity index (χ1) is 20.7. The third-order valence-corrected chi connectivity index (χ3v) is 5.39. The van der Waals surface area contributed by atoms with Crippen molar-refractivity contribution in [2.75, 3.05) is 21.3 Å². The monoisotopic (exact) mass is 629 g/mol. The van der Waals surface area contributed by atoms with Crippen LogP contribution in [-0.4, -0.2) is 60.7 Å². The van der Waals surface area contributed by atoms with Crippen molar-refractivity contribution in [3.63, 3.8) is 0 Å². The molecule has 230 valence electrons. The lowest BCUT2D eigenvalue weighted by atomic mass is 10.2. The minimum Gasteiger partial charge on any atom is -0.496 e. The van der Waals surface area contributed by atoms with Crippen LogP contribution in [0.2, 0.25) is 0 Å². The first-order valence-corrected chi connectivity index (χ1v) is 11.8. The minimum atomic E-state index is -0.566. The van der Waals surface area contributed by atoms with Crippen molar-refractivity contribution < 1.29 is 29.0 Å². The number of non-ortho nitro benzene ring substituents is 3. The van der Waals surface area contributed by atoms with E-state index in [4.69, 9.17) is 14.2 Å². The summed E-state index contributed by atoms with van der Waals surface area (Å²) < 4.78 is 15.6. The lowest BCUT2D eigenvalue weighted by Crippen LogP contribution is -2.30. The molecule has 3 aromatic rings. The summed E-state index contributed by atoms with van der Waals surface area (Å²) in [5, 5.41) is 49.1. The Hall–Kier alpha value is -6.17. The van der Waals surface area contributed by atoms with Gasteiger partial charge in [0.1, 0.15) is 17.2 Å². The van der Waals surface area contributed by atoms with Crippen molar-refractivity contribution >= 4 is 54.1 Å². The van der Waals surface area contributed by atoms with Gasteiger partial charge < -0.3 is 14.2 Å². The van der Waals surface area contributed by atoms with E-state index in [1.165, 1.54) is 94.6 Å². The normalized spacial score (nSPS) is 10.7. The third-order valence-electron chi connectivity index (χ3n) is 5.39. The van der Waals surface area contributed by atoms with Gasteiger partial charge in [-0.25, -0.2) is 10.9 Å². The molecule has 0 saturated carbocycles. The molecule has 0 aliphatic heterocycles. The van der Waals surface area contributed by atoms with Gasteiger partial charge in [-0.05, 0) is 18.2 Å². The van der Waals surface area contributed by atoms with Crippen LogP contribution in [0, 0.1) is 30.3 Å². The predicted octanol–water partition coefficient (Wildman–Crippen LogP) is 3.80. The molecule has 0 atom stereocenters. The Morgan fingerprint density at radius 3 is 1.30 bits per heavy atom. The topological polar surface area (TPSA) is 231 Å². The Balaban J connectivity index is 0.00000675. The minimum absolute atomic E-state index is 0. The van der Waals surface area contributed by atoms with E-state index in [0.717, 1.165) is 0 Å². The summed E-state index contributed by atoms with van der Waals surface area (Å²) >= 11 is 0. The fraction of sp³-hybridized carbons (Fsp3) is 0.120. The number of ether oxygens (including phenoxy) is 3. The second-order valence-corrected chi connectivity index (χ2v) is 7.98. The van der Waals surface area contributed by atoms with E-state index in [2.05, 4.69) is 31.3 Å². The van der Waals surface area contributed by atoms with Gasteiger partial charge in [0.2, 0.25) is 0 Å². The smallest absolute Gasteiger partial charge is 0.273 e. The van der Waals surface area contributed by atoms with Gasteiger partial charge >= 0.3 is 0 Å². The average Bonchev–Trinajstić information content (AvgIpc) is 3.00. The first kappa shape index (κ1) is 34.0. The molecule has 18 nitrogen and oxygen atoms in total. The molecule has 0 spiro atoms. The number of nitrogens with one attached hydrogen (secondary N) is 2. The van der Waals surface area contributed by atoms with Crippen LogP contribution in [0.25, 0.3) is 0 Å². The van der Waals surface area contributed by atoms with Crippen molar-refractivity contribution in [3.05, 3.63) is 102 Å². The lowest BCUT2D eigenvalue weighted by molar-refractivity contribution is -0.385. The lowest BCUT2D eigenvalue weighted by Gasteiger charge is -2.06. The highest BCUT2D eigenvalue weighted by atomic mass is 35.5. The van der Waals surface area contributed by atoms with Crippen LogP contribution in [0.15, 0.2) is 75.0 Å². The molecular weight excluding hydrogens is 606 g/mol. The molecular formula is C25H24ClN9O9. The molecule has 0 saturated heterocycles. The van der Waals surface area contributed by atoms with E-state index < -0.39 is 14.8 Å². The average molecular weight is 630 g/mol. The molecule has 44 heavy (non-hydrogen) atoms. The maximum Gasteiger partial charge on any atom is 0.273 e. The number of hydrazone groups is 2. The molecule has 0 amide bonds. The third kappa shape index (κ3) is 9.17. The number of nitrogens with zero attached hydrogens (tertiary/aromatic N) is 7. The zero-order valence-electron chi connectivity index (χ0n) is 23.1. The predicted molar refractivity (Wildman–Crippen MR) is 163 cm³/mol. The molecule has 0 fully saturated rings. The Bertz CT molecular complexity index is 1570. The zero-order chi connectivity index (χ0) is 31.4. The van der Waals surface area contributed by atoms with Crippen LogP contribution in [0.1, 0.15) is 16.7 Å². The van der Waals surface area contributed by atoms with Crippen molar-refractivity contribution in [1.82, 2.24) is 10.9 Å². The highest BCUT2D eigenvalue weighted by Crippen LogP contribution is 2.25. The van der Waals surface area contributed by atoms with Crippen LogP contribution in [0.4, 0.5) is 17.1 Å². The maximum absolute atomic E-state index is 11.0. The Kier molecular flexibility index (Phi) is 12.6.